The maximum atomic E-state index is 12.1. The molecule has 5 nitrogen and oxygen atoms in total. The minimum atomic E-state index is -0.922. The van der Waals surface area contributed by atoms with E-state index in [1.165, 1.54) is 6.42 Å². The average molecular weight is 288 g/mol. The van der Waals surface area contributed by atoms with Gasteiger partial charge in [0.1, 0.15) is 0 Å². The van der Waals surface area contributed by atoms with E-state index in [0.717, 1.165) is 24.9 Å². The summed E-state index contributed by atoms with van der Waals surface area (Å²) < 4.78 is 0. The van der Waals surface area contributed by atoms with Crippen molar-refractivity contribution in [2.75, 3.05) is 13.1 Å². The Morgan fingerprint density at radius 1 is 1.29 bits per heavy atom. The van der Waals surface area contributed by atoms with E-state index in [-0.39, 0.29) is 6.03 Å². The van der Waals surface area contributed by atoms with E-state index in [1.807, 2.05) is 11.0 Å². The Labute approximate surface area is 123 Å². The molecule has 0 spiro atoms. The normalized spacial score (nSPS) is 23.3. The number of likely N-dealkylation sites (tertiary alicyclic amines) is 1. The van der Waals surface area contributed by atoms with Crippen LogP contribution < -0.4 is 5.32 Å². The van der Waals surface area contributed by atoms with Crippen LogP contribution in [-0.4, -0.2) is 41.1 Å². The third-order valence-electron chi connectivity index (χ3n) is 4.59. The number of nitrogens with zero attached hydrogens (tertiary/aromatic N) is 1. The van der Waals surface area contributed by atoms with Gasteiger partial charge in [-0.3, -0.25) is 0 Å². The summed E-state index contributed by atoms with van der Waals surface area (Å²) in [5.74, 6) is -0.234. The van der Waals surface area contributed by atoms with E-state index in [1.54, 1.807) is 18.2 Å². The predicted molar refractivity (Wildman–Crippen MR) is 78.3 cm³/mol. The fourth-order valence-electron chi connectivity index (χ4n) is 3.53. The van der Waals surface area contributed by atoms with Crippen molar-refractivity contribution in [3.05, 3.63) is 35.4 Å². The average Bonchev–Trinajstić information content (AvgIpc) is 3.10. The minimum absolute atomic E-state index is 0.00462. The SMILES string of the molecule is O=C(O)c1ccccc1CCNC(=O)N1CC2CCC1C2. The number of nitrogens with one attached hydrogen (secondary N) is 1. The van der Waals surface area contributed by atoms with E-state index in [9.17, 15) is 9.59 Å². The standard InChI is InChI=1S/C16H20N2O3/c19-15(20)14-4-2-1-3-12(14)7-8-17-16(21)18-10-11-5-6-13(18)9-11/h1-4,11,13H,5-10H2,(H,17,21)(H,19,20). The Hall–Kier alpha value is -2.04. The van der Waals surface area contributed by atoms with Gasteiger partial charge in [-0.05, 0) is 43.2 Å². The lowest BCUT2D eigenvalue weighted by molar-refractivity contribution is 0.0695. The van der Waals surface area contributed by atoms with Crippen molar-refractivity contribution < 1.29 is 14.7 Å². The lowest BCUT2D eigenvalue weighted by Gasteiger charge is -2.27. The number of rotatable bonds is 4. The fraction of sp³-hybridized carbons (Fsp3) is 0.500. The summed E-state index contributed by atoms with van der Waals surface area (Å²) in [5.41, 5.74) is 1.07. The molecule has 2 amide bonds. The molecule has 0 radical (unpaired) electrons. The first-order valence-electron chi connectivity index (χ1n) is 7.51. The van der Waals surface area contributed by atoms with Crippen LogP contribution in [0.5, 0.6) is 0 Å². The number of amides is 2. The number of urea groups is 1. The van der Waals surface area contributed by atoms with Gasteiger partial charge in [0, 0.05) is 19.1 Å². The van der Waals surface area contributed by atoms with Gasteiger partial charge in [-0.2, -0.15) is 0 Å². The third-order valence-corrected chi connectivity index (χ3v) is 4.59. The van der Waals surface area contributed by atoms with Crippen LogP contribution in [0.1, 0.15) is 35.2 Å². The van der Waals surface area contributed by atoms with Crippen LogP contribution in [-0.2, 0) is 6.42 Å². The zero-order valence-electron chi connectivity index (χ0n) is 11.9. The summed E-state index contributed by atoms with van der Waals surface area (Å²) in [6, 6.07) is 7.35. The Morgan fingerprint density at radius 2 is 2.10 bits per heavy atom. The van der Waals surface area contributed by atoms with Gasteiger partial charge >= 0.3 is 12.0 Å². The van der Waals surface area contributed by atoms with Crippen LogP contribution in [0, 0.1) is 5.92 Å². The smallest absolute Gasteiger partial charge is 0.335 e. The highest BCUT2D eigenvalue weighted by molar-refractivity contribution is 5.89. The first-order chi connectivity index (χ1) is 10.1. The molecule has 5 heteroatoms. The number of hydrogen-bond acceptors (Lipinski definition) is 2. The number of carbonyl (C=O) groups is 2. The van der Waals surface area contributed by atoms with Gasteiger partial charge < -0.3 is 15.3 Å². The van der Waals surface area contributed by atoms with Crippen LogP contribution in [0.3, 0.4) is 0 Å². The molecule has 1 aliphatic carbocycles. The summed E-state index contributed by atoms with van der Waals surface area (Å²) in [6.45, 7) is 1.35. The first kappa shape index (κ1) is 13.9. The Balaban J connectivity index is 1.52. The molecule has 2 N–H and O–H groups in total. The Bertz CT molecular complexity index is 558. The zero-order valence-corrected chi connectivity index (χ0v) is 11.9. The molecular formula is C16H20N2O3. The van der Waals surface area contributed by atoms with Crippen LogP contribution in [0.4, 0.5) is 4.79 Å². The number of fused-ring (bicyclic) bond motifs is 2. The van der Waals surface area contributed by atoms with Crippen molar-refractivity contribution in [3.63, 3.8) is 0 Å². The molecular weight excluding hydrogens is 268 g/mol. The number of benzene rings is 1. The van der Waals surface area contributed by atoms with Gasteiger partial charge in [0.2, 0.25) is 0 Å². The summed E-state index contributed by atoms with van der Waals surface area (Å²) in [6.07, 6.45) is 4.06. The molecule has 2 atom stereocenters. The van der Waals surface area contributed by atoms with Crippen LogP contribution in [0.15, 0.2) is 24.3 Å². The molecule has 2 fully saturated rings. The Kier molecular flexibility index (Phi) is 3.82. The summed E-state index contributed by atoms with van der Waals surface area (Å²) in [5, 5.41) is 12.0. The summed E-state index contributed by atoms with van der Waals surface area (Å²) in [7, 11) is 0. The van der Waals surface area contributed by atoms with Crippen molar-refractivity contribution >= 4 is 12.0 Å². The maximum absolute atomic E-state index is 12.1. The molecule has 3 rings (SSSR count). The van der Waals surface area contributed by atoms with E-state index in [2.05, 4.69) is 5.32 Å². The molecule has 1 saturated heterocycles. The van der Waals surface area contributed by atoms with Crippen molar-refractivity contribution in [3.8, 4) is 0 Å². The van der Waals surface area contributed by atoms with Gasteiger partial charge in [-0.25, -0.2) is 9.59 Å². The highest BCUT2D eigenvalue weighted by Crippen LogP contribution is 2.37. The summed E-state index contributed by atoms with van der Waals surface area (Å²) >= 11 is 0. The first-order valence-corrected chi connectivity index (χ1v) is 7.51. The summed E-state index contributed by atoms with van der Waals surface area (Å²) in [4.78, 5) is 25.2. The molecule has 1 aromatic rings. The number of carboxylic acid groups (broad SMARTS) is 1. The van der Waals surface area contributed by atoms with Gasteiger partial charge in [-0.15, -0.1) is 0 Å². The zero-order chi connectivity index (χ0) is 14.8. The maximum Gasteiger partial charge on any atom is 0.335 e. The van der Waals surface area contributed by atoms with Crippen LogP contribution >= 0.6 is 0 Å². The van der Waals surface area contributed by atoms with Gasteiger partial charge in [0.25, 0.3) is 0 Å². The van der Waals surface area contributed by atoms with Crippen molar-refractivity contribution in [1.82, 2.24) is 10.2 Å². The van der Waals surface area contributed by atoms with Crippen molar-refractivity contribution in [2.24, 2.45) is 5.92 Å². The number of hydrogen-bond donors (Lipinski definition) is 2. The monoisotopic (exact) mass is 288 g/mol. The lowest BCUT2D eigenvalue weighted by Crippen LogP contribution is -2.44. The molecule has 21 heavy (non-hydrogen) atoms. The van der Waals surface area contributed by atoms with Crippen LogP contribution in [0.25, 0.3) is 0 Å². The molecule has 1 heterocycles. The second kappa shape index (κ2) is 5.76. The van der Waals surface area contributed by atoms with E-state index < -0.39 is 5.97 Å². The molecule has 112 valence electrons. The van der Waals surface area contributed by atoms with Crippen LogP contribution in [0.2, 0.25) is 0 Å². The Morgan fingerprint density at radius 3 is 2.76 bits per heavy atom. The van der Waals surface area contributed by atoms with Crippen molar-refractivity contribution in [2.45, 2.75) is 31.7 Å². The number of carbonyl (C=O) groups excluding carboxylic acids is 1. The highest BCUT2D eigenvalue weighted by atomic mass is 16.4. The molecule has 2 aliphatic rings. The fourth-order valence-corrected chi connectivity index (χ4v) is 3.53. The minimum Gasteiger partial charge on any atom is -0.478 e. The predicted octanol–water partition coefficient (Wildman–Crippen LogP) is 2.12. The van der Waals surface area contributed by atoms with E-state index >= 15 is 0 Å². The number of piperidine rings is 1. The van der Waals surface area contributed by atoms with E-state index in [4.69, 9.17) is 5.11 Å². The lowest BCUT2D eigenvalue weighted by atomic mass is 10.0. The van der Waals surface area contributed by atoms with Gasteiger partial charge in [-0.1, -0.05) is 18.2 Å². The quantitative estimate of drug-likeness (QED) is 0.891. The largest absolute Gasteiger partial charge is 0.478 e. The number of carboxylic acids is 1. The molecule has 2 bridgehead atoms. The van der Waals surface area contributed by atoms with Gasteiger partial charge in [0.05, 0.1) is 5.56 Å². The molecule has 2 unspecified atom stereocenters. The van der Waals surface area contributed by atoms with Crippen molar-refractivity contribution in [1.29, 1.82) is 0 Å². The second-order valence-electron chi connectivity index (χ2n) is 5.93. The van der Waals surface area contributed by atoms with Gasteiger partial charge in [0.15, 0.2) is 0 Å². The number of aromatic carboxylic acids is 1. The molecule has 0 aromatic heterocycles. The van der Waals surface area contributed by atoms with E-state index in [0.29, 0.717) is 30.5 Å². The molecule has 1 aromatic carbocycles. The third kappa shape index (κ3) is 2.86. The highest BCUT2D eigenvalue weighted by Gasteiger charge is 2.40. The second-order valence-corrected chi connectivity index (χ2v) is 5.93. The molecule has 1 saturated carbocycles. The topological polar surface area (TPSA) is 69.6 Å². The molecule has 1 aliphatic heterocycles.